The van der Waals surface area contributed by atoms with E-state index in [0.29, 0.717) is 13.1 Å². The molecular formula is C20H28N4O. The molecular weight excluding hydrogens is 312 g/mol. The van der Waals surface area contributed by atoms with Crippen LogP contribution in [-0.2, 0) is 19.5 Å². The number of fused-ring (bicyclic) bond motifs is 1. The van der Waals surface area contributed by atoms with Gasteiger partial charge in [0.05, 0.1) is 6.54 Å². The standard InChI is InChI=1S/C20H28N4O/c1-20(2,24-12-10-16-7-4-5-8-17(16)13-24)15-22-19(25)23(3)14-18-9-6-11-21-18/h4-9,11,21H,10,12-15H2,1-3H3,(H,22,25). The van der Waals surface area contributed by atoms with E-state index in [0.717, 1.165) is 25.2 Å². The quantitative estimate of drug-likeness (QED) is 0.879. The number of urea groups is 1. The van der Waals surface area contributed by atoms with Gasteiger partial charge in [0.15, 0.2) is 0 Å². The Balaban J connectivity index is 1.54. The van der Waals surface area contributed by atoms with Crippen molar-refractivity contribution >= 4 is 6.03 Å². The van der Waals surface area contributed by atoms with Crippen molar-refractivity contribution in [1.82, 2.24) is 20.1 Å². The van der Waals surface area contributed by atoms with E-state index in [9.17, 15) is 4.79 Å². The molecule has 0 bridgehead atoms. The third-order valence-corrected chi connectivity index (χ3v) is 5.08. The lowest BCUT2D eigenvalue weighted by molar-refractivity contribution is 0.102. The molecule has 0 atom stereocenters. The van der Waals surface area contributed by atoms with Gasteiger partial charge in [0.2, 0.25) is 0 Å². The highest BCUT2D eigenvalue weighted by molar-refractivity contribution is 5.73. The van der Waals surface area contributed by atoms with E-state index in [-0.39, 0.29) is 11.6 Å². The van der Waals surface area contributed by atoms with Gasteiger partial charge in [-0.15, -0.1) is 0 Å². The van der Waals surface area contributed by atoms with Crippen molar-refractivity contribution in [2.24, 2.45) is 0 Å². The molecule has 0 saturated carbocycles. The Morgan fingerprint density at radius 2 is 2.00 bits per heavy atom. The van der Waals surface area contributed by atoms with Gasteiger partial charge in [-0.3, -0.25) is 4.90 Å². The number of amides is 2. The molecule has 0 radical (unpaired) electrons. The molecule has 0 fully saturated rings. The first-order valence-electron chi connectivity index (χ1n) is 8.89. The average Bonchev–Trinajstić information content (AvgIpc) is 3.12. The molecule has 2 heterocycles. The third kappa shape index (κ3) is 4.23. The molecule has 0 spiro atoms. The lowest BCUT2D eigenvalue weighted by Crippen LogP contribution is -2.54. The summed E-state index contributed by atoms with van der Waals surface area (Å²) in [5.74, 6) is 0. The van der Waals surface area contributed by atoms with Crippen LogP contribution in [0.4, 0.5) is 4.79 Å². The highest BCUT2D eigenvalue weighted by Crippen LogP contribution is 2.24. The van der Waals surface area contributed by atoms with Crippen LogP contribution in [-0.4, -0.2) is 46.5 Å². The Morgan fingerprint density at radius 3 is 2.72 bits per heavy atom. The van der Waals surface area contributed by atoms with Crippen molar-refractivity contribution in [3.63, 3.8) is 0 Å². The zero-order valence-corrected chi connectivity index (χ0v) is 15.4. The van der Waals surface area contributed by atoms with Crippen LogP contribution in [0.5, 0.6) is 0 Å². The molecule has 3 rings (SSSR count). The first-order chi connectivity index (χ1) is 12.0. The third-order valence-electron chi connectivity index (χ3n) is 5.08. The fraction of sp³-hybridized carbons (Fsp3) is 0.450. The van der Waals surface area contributed by atoms with E-state index in [4.69, 9.17) is 0 Å². The van der Waals surface area contributed by atoms with E-state index in [1.165, 1.54) is 11.1 Å². The lowest BCUT2D eigenvalue weighted by Gasteiger charge is -2.41. The number of rotatable bonds is 5. The average molecular weight is 340 g/mol. The summed E-state index contributed by atoms with van der Waals surface area (Å²) >= 11 is 0. The normalized spacial score (nSPS) is 14.8. The zero-order valence-electron chi connectivity index (χ0n) is 15.4. The van der Waals surface area contributed by atoms with Gasteiger partial charge in [-0.25, -0.2) is 4.79 Å². The molecule has 2 aromatic rings. The maximum Gasteiger partial charge on any atom is 0.317 e. The number of H-pyrrole nitrogens is 1. The van der Waals surface area contributed by atoms with Crippen LogP contribution in [0.15, 0.2) is 42.6 Å². The molecule has 0 saturated heterocycles. The summed E-state index contributed by atoms with van der Waals surface area (Å²) in [5.41, 5.74) is 3.79. The van der Waals surface area contributed by atoms with E-state index in [2.05, 4.69) is 53.3 Å². The van der Waals surface area contributed by atoms with Gasteiger partial charge >= 0.3 is 6.03 Å². The Hall–Kier alpha value is -2.27. The van der Waals surface area contributed by atoms with Crippen molar-refractivity contribution in [1.29, 1.82) is 0 Å². The second-order valence-electron chi connectivity index (χ2n) is 7.46. The van der Waals surface area contributed by atoms with E-state index >= 15 is 0 Å². The van der Waals surface area contributed by atoms with Gasteiger partial charge in [-0.2, -0.15) is 0 Å². The Bertz CT molecular complexity index is 708. The minimum absolute atomic E-state index is 0.0416. The van der Waals surface area contributed by atoms with Gasteiger partial charge < -0.3 is 15.2 Å². The van der Waals surface area contributed by atoms with E-state index < -0.39 is 0 Å². The molecule has 0 aliphatic carbocycles. The minimum atomic E-state index is -0.0868. The summed E-state index contributed by atoms with van der Waals surface area (Å²) in [4.78, 5) is 19.7. The highest BCUT2D eigenvalue weighted by Gasteiger charge is 2.30. The molecule has 1 aliphatic rings. The van der Waals surface area contributed by atoms with Gasteiger partial charge in [0.25, 0.3) is 0 Å². The first-order valence-corrected chi connectivity index (χ1v) is 8.89. The van der Waals surface area contributed by atoms with Gasteiger partial charge in [0.1, 0.15) is 0 Å². The van der Waals surface area contributed by atoms with Crippen LogP contribution in [0.2, 0.25) is 0 Å². The summed E-state index contributed by atoms with van der Waals surface area (Å²) < 4.78 is 0. The number of hydrogen-bond acceptors (Lipinski definition) is 2. The smallest absolute Gasteiger partial charge is 0.317 e. The first kappa shape index (κ1) is 17.5. The Labute approximate surface area is 150 Å². The monoisotopic (exact) mass is 340 g/mol. The number of carbonyl (C=O) groups excluding carboxylic acids is 1. The summed E-state index contributed by atoms with van der Waals surface area (Å²) in [7, 11) is 1.82. The zero-order chi connectivity index (χ0) is 17.9. The summed E-state index contributed by atoms with van der Waals surface area (Å²) in [6.07, 6.45) is 2.94. The van der Waals surface area contributed by atoms with E-state index in [1.807, 2.05) is 25.4 Å². The van der Waals surface area contributed by atoms with Crippen molar-refractivity contribution < 1.29 is 4.79 Å². The minimum Gasteiger partial charge on any atom is -0.364 e. The van der Waals surface area contributed by atoms with Crippen molar-refractivity contribution in [3.8, 4) is 0 Å². The second kappa shape index (κ2) is 7.31. The SMILES string of the molecule is CN(Cc1ccc[nH]1)C(=O)NCC(C)(C)N1CCc2ccccc2C1. The van der Waals surface area contributed by atoms with Crippen molar-refractivity contribution in [2.75, 3.05) is 20.1 Å². The molecule has 134 valence electrons. The van der Waals surface area contributed by atoms with Crippen LogP contribution >= 0.6 is 0 Å². The molecule has 1 aliphatic heterocycles. The number of nitrogens with zero attached hydrogens (tertiary/aromatic N) is 2. The highest BCUT2D eigenvalue weighted by atomic mass is 16.2. The Kier molecular flexibility index (Phi) is 5.13. The second-order valence-corrected chi connectivity index (χ2v) is 7.46. The van der Waals surface area contributed by atoms with Crippen LogP contribution in [0, 0.1) is 0 Å². The fourth-order valence-corrected chi connectivity index (χ4v) is 3.34. The summed E-state index contributed by atoms with van der Waals surface area (Å²) in [6, 6.07) is 12.5. The number of carbonyl (C=O) groups is 1. The maximum atomic E-state index is 12.4. The Morgan fingerprint density at radius 1 is 1.24 bits per heavy atom. The number of aromatic amines is 1. The molecule has 0 unspecified atom stereocenters. The number of nitrogens with one attached hydrogen (secondary N) is 2. The molecule has 25 heavy (non-hydrogen) atoms. The van der Waals surface area contributed by atoms with Gasteiger partial charge in [-0.05, 0) is 43.5 Å². The molecule has 5 nitrogen and oxygen atoms in total. The van der Waals surface area contributed by atoms with Crippen molar-refractivity contribution in [3.05, 3.63) is 59.4 Å². The number of benzene rings is 1. The maximum absolute atomic E-state index is 12.4. The lowest BCUT2D eigenvalue weighted by atomic mass is 9.94. The predicted molar refractivity (Wildman–Crippen MR) is 100 cm³/mol. The molecule has 2 N–H and O–H groups in total. The summed E-state index contributed by atoms with van der Waals surface area (Å²) in [6.45, 7) is 7.58. The predicted octanol–water partition coefficient (Wildman–Crippen LogP) is 2.99. The molecule has 5 heteroatoms. The largest absolute Gasteiger partial charge is 0.364 e. The molecule has 2 amide bonds. The van der Waals surface area contributed by atoms with Gasteiger partial charge in [-0.1, -0.05) is 24.3 Å². The molecule has 1 aromatic carbocycles. The van der Waals surface area contributed by atoms with Gasteiger partial charge in [0, 0.05) is 44.1 Å². The number of hydrogen-bond donors (Lipinski definition) is 2. The summed E-state index contributed by atoms with van der Waals surface area (Å²) in [5, 5.41) is 3.09. The van der Waals surface area contributed by atoms with Crippen LogP contribution in [0.1, 0.15) is 30.7 Å². The fourth-order valence-electron chi connectivity index (χ4n) is 3.34. The molecule has 1 aromatic heterocycles. The van der Waals surface area contributed by atoms with Crippen LogP contribution in [0.25, 0.3) is 0 Å². The van der Waals surface area contributed by atoms with Crippen LogP contribution in [0.3, 0.4) is 0 Å². The van der Waals surface area contributed by atoms with Crippen molar-refractivity contribution in [2.45, 2.75) is 38.9 Å². The van der Waals surface area contributed by atoms with Crippen LogP contribution < -0.4 is 5.32 Å². The topological polar surface area (TPSA) is 51.4 Å². The van der Waals surface area contributed by atoms with E-state index in [1.54, 1.807) is 4.90 Å². The number of aromatic nitrogens is 1.